The van der Waals surface area contributed by atoms with Gasteiger partial charge >= 0.3 is 0 Å². The summed E-state index contributed by atoms with van der Waals surface area (Å²) >= 11 is 0. The summed E-state index contributed by atoms with van der Waals surface area (Å²) in [6.07, 6.45) is 0. The molecule has 2 aromatic rings. The van der Waals surface area contributed by atoms with E-state index in [9.17, 15) is 8.42 Å². The lowest BCUT2D eigenvalue weighted by molar-refractivity contribution is 0.0361. The Morgan fingerprint density at radius 2 is 1.77 bits per heavy atom. The second-order valence-corrected chi connectivity index (χ2v) is 9.18. The molecule has 7 nitrogen and oxygen atoms in total. The highest BCUT2D eigenvalue weighted by molar-refractivity contribution is 7.88. The Bertz CT molecular complexity index is 899. The van der Waals surface area contributed by atoms with Crippen molar-refractivity contribution >= 4 is 10.0 Å². The van der Waals surface area contributed by atoms with Crippen LogP contribution in [0.4, 0.5) is 0 Å². The van der Waals surface area contributed by atoms with Gasteiger partial charge < -0.3 is 14.2 Å². The Morgan fingerprint density at radius 3 is 2.43 bits per heavy atom. The van der Waals surface area contributed by atoms with Crippen molar-refractivity contribution in [3.8, 4) is 11.5 Å². The number of hydrogen-bond donors (Lipinski definition) is 0. The van der Waals surface area contributed by atoms with E-state index in [4.69, 9.17) is 14.2 Å². The van der Waals surface area contributed by atoms with Crippen LogP contribution in [-0.2, 0) is 27.1 Å². The molecule has 8 heteroatoms. The van der Waals surface area contributed by atoms with Crippen LogP contribution < -0.4 is 9.47 Å². The lowest BCUT2D eigenvalue weighted by atomic mass is 10.2. The highest BCUT2D eigenvalue weighted by Crippen LogP contribution is 2.27. The van der Waals surface area contributed by atoms with Gasteiger partial charge in [-0.1, -0.05) is 30.3 Å². The summed E-state index contributed by atoms with van der Waals surface area (Å²) in [6, 6.07) is 14.7. The number of morpholine rings is 1. The summed E-state index contributed by atoms with van der Waals surface area (Å²) in [5, 5.41) is 0. The quantitative estimate of drug-likeness (QED) is 0.572. The van der Waals surface area contributed by atoms with Gasteiger partial charge in [-0.05, 0) is 23.8 Å². The number of benzene rings is 2. The Labute approximate surface area is 179 Å². The zero-order chi connectivity index (χ0) is 21.4. The van der Waals surface area contributed by atoms with Crippen molar-refractivity contribution in [1.82, 2.24) is 9.21 Å². The second kappa shape index (κ2) is 10.8. The van der Waals surface area contributed by atoms with Crippen LogP contribution in [0.5, 0.6) is 11.5 Å². The maximum Gasteiger partial charge on any atom is 0.218 e. The van der Waals surface area contributed by atoms with Crippen LogP contribution in [0.15, 0.2) is 48.5 Å². The molecule has 0 atom stereocenters. The Kier molecular flexibility index (Phi) is 8.09. The average Bonchev–Trinajstić information content (AvgIpc) is 2.77. The van der Waals surface area contributed by atoms with Crippen LogP contribution in [0.2, 0.25) is 0 Å². The monoisotopic (exact) mass is 434 g/mol. The number of rotatable bonds is 10. The summed E-state index contributed by atoms with van der Waals surface area (Å²) < 4.78 is 44.4. The van der Waals surface area contributed by atoms with Gasteiger partial charge in [-0.3, -0.25) is 4.90 Å². The molecule has 1 heterocycles. The van der Waals surface area contributed by atoms with Gasteiger partial charge in [0, 0.05) is 38.3 Å². The molecule has 0 aliphatic carbocycles. The van der Waals surface area contributed by atoms with Gasteiger partial charge in [0.25, 0.3) is 0 Å². The maximum absolute atomic E-state index is 13.3. The molecule has 1 saturated heterocycles. The molecule has 0 bridgehead atoms. The van der Waals surface area contributed by atoms with Crippen LogP contribution in [0.25, 0.3) is 0 Å². The molecule has 164 valence electrons. The van der Waals surface area contributed by atoms with E-state index in [0.29, 0.717) is 37.8 Å². The second-order valence-electron chi connectivity index (χ2n) is 7.21. The van der Waals surface area contributed by atoms with E-state index >= 15 is 0 Å². The van der Waals surface area contributed by atoms with E-state index in [1.54, 1.807) is 30.7 Å². The van der Waals surface area contributed by atoms with Crippen molar-refractivity contribution in [2.45, 2.75) is 12.3 Å². The van der Waals surface area contributed by atoms with Gasteiger partial charge in [0.1, 0.15) is 11.5 Å². The van der Waals surface area contributed by atoms with Gasteiger partial charge in [-0.15, -0.1) is 0 Å². The van der Waals surface area contributed by atoms with E-state index in [1.807, 2.05) is 36.4 Å². The van der Waals surface area contributed by atoms with Crippen molar-refractivity contribution in [2.24, 2.45) is 0 Å². The van der Waals surface area contributed by atoms with Crippen molar-refractivity contribution in [3.05, 3.63) is 59.7 Å². The molecular weight excluding hydrogens is 404 g/mol. The minimum Gasteiger partial charge on any atom is -0.497 e. The van der Waals surface area contributed by atoms with Crippen molar-refractivity contribution in [1.29, 1.82) is 0 Å². The Morgan fingerprint density at radius 1 is 1.03 bits per heavy atom. The number of methoxy groups -OCH3 is 2. The van der Waals surface area contributed by atoms with Gasteiger partial charge in [-0.2, -0.15) is 4.31 Å². The highest BCUT2D eigenvalue weighted by atomic mass is 32.2. The minimum absolute atomic E-state index is 0.0385. The fraction of sp³-hybridized carbons (Fsp3) is 0.455. The molecule has 1 fully saturated rings. The summed E-state index contributed by atoms with van der Waals surface area (Å²) in [5.41, 5.74) is 1.54. The normalized spacial score (nSPS) is 15.3. The first kappa shape index (κ1) is 22.6. The van der Waals surface area contributed by atoms with E-state index < -0.39 is 10.0 Å². The zero-order valence-electron chi connectivity index (χ0n) is 17.6. The summed E-state index contributed by atoms with van der Waals surface area (Å²) in [7, 11) is -0.364. The highest BCUT2D eigenvalue weighted by Gasteiger charge is 2.25. The molecule has 0 unspecified atom stereocenters. The number of nitrogens with zero attached hydrogens (tertiary/aromatic N) is 2. The topological polar surface area (TPSA) is 68.3 Å². The summed E-state index contributed by atoms with van der Waals surface area (Å²) in [5.74, 6) is 1.27. The van der Waals surface area contributed by atoms with Crippen LogP contribution in [0.1, 0.15) is 11.1 Å². The van der Waals surface area contributed by atoms with E-state index in [2.05, 4.69) is 4.90 Å². The van der Waals surface area contributed by atoms with Gasteiger partial charge in [0.2, 0.25) is 10.0 Å². The van der Waals surface area contributed by atoms with E-state index in [0.717, 1.165) is 24.2 Å². The largest absolute Gasteiger partial charge is 0.497 e. The van der Waals surface area contributed by atoms with E-state index in [1.165, 1.54) is 0 Å². The first-order valence-corrected chi connectivity index (χ1v) is 11.7. The third-order valence-electron chi connectivity index (χ3n) is 5.19. The summed E-state index contributed by atoms with van der Waals surface area (Å²) in [6.45, 7) is 4.27. The first-order chi connectivity index (χ1) is 14.5. The molecule has 0 aromatic heterocycles. The molecule has 0 saturated carbocycles. The zero-order valence-corrected chi connectivity index (χ0v) is 18.4. The summed E-state index contributed by atoms with van der Waals surface area (Å²) in [4.78, 5) is 2.23. The maximum atomic E-state index is 13.3. The smallest absolute Gasteiger partial charge is 0.218 e. The molecule has 0 radical (unpaired) electrons. The Balaban J connectivity index is 1.83. The number of hydrogen-bond acceptors (Lipinski definition) is 6. The predicted octanol–water partition coefficient (Wildman–Crippen LogP) is 2.37. The predicted molar refractivity (Wildman–Crippen MR) is 116 cm³/mol. The fourth-order valence-electron chi connectivity index (χ4n) is 3.47. The molecule has 3 rings (SSSR count). The molecular formula is C22H30N2O5S. The van der Waals surface area contributed by atoms with Gasteiger partial charge in [0.15, 0.2) is 0 Å². The third kappa shape index (κ3) is 6.18. The SMILES string of the molecule is COc1ccc(OC)c(CN(CCN2CCOCC2)S(=O)(=O)Cc2ccccc2)c1. The molecule has 1 aliphatic heterocycles. The minimum atomic E-state index is -3.54. The van der Waals surface area contributed by atoms with Gasteiger partial charge in [0.05, 0.1) is 33.2 Å². The third-order valence-corrected chi connectivity index (χ3v) is 6.99. The van der Waals surface area contributed by atoms with Crippen LogP contribution in [0.3, 0.4) is 0 Å². The standard InChI is InChI=1S/C22H30N2O5S/c1-27-21-8-9-22(28-2)20(16-21)17-24(11-10-23-12-14-29-15-13-23)30(25,26)18-19-6-4-3-5-7-19/h3-9,16H,10-15,17-18H2,1-2H3. The van der Waals surface area contributed by atoms with Crippen LogP contribution in [0, 0.1) is 0 Å². The Hall–Kier alpha value is -2.13. The average molecular weight is 435 g/mol. The van der Waals surface area contributed by atoms with Crippen molar-refractivity contribution < 1.29 is 22.6 Å². The lowest BCUT2D eigenvalue weighted by Crippen LogP contribution is -2.43. The molecule has 0 spiro atoms. The number of ether oxygens (including phenoxy) is 3. The molecule has 1 aliphatic rings. The molecule has 2 aromatic carbocycles. The van der Waals surface area contributed by atoms with Crippen LogP contribution in [-0.4, -0.2) is 71.2 Å². The van der Waals surface area contributed by atoms with Crippen LogP contribution >= 0.6 is 0 Å². The lowest BCUT2D eigenvalue weighted by Gasteiger charge is -2.30. The van der Waals surface area contributed by atoms with Crippen molar-refractivity contribution in [2.75, 3.05) is 53.6 Å². The molecule has 0 amide bonds. The number of sulfonamides is 1. The van der Waals surface area contributed by atoms with Gasteiger partial charge in [-0.25, -0.2) is 8.42 Å². The fourth-order valence-corrected chi connectivity index (χ4v) is 4.96. The van der Waals surface area contributed by atoms with E-state index in [-0.39, 0.29) is 12.3 Å². The van der Waals surface area contributed by atoms with Crippen molar-refractivity contribution in [3.63, 3.8) is 0 Å². The molecule has 30 heavy (non-hydrogen) atoms. The molecule has 0 N–H and O–H groups in total. The first-order valence-electron chi connectivity index (χ1n) is 10.0.